The van der Waals surface area contributed by atoms with Gasteiger partial charge in [-0.3, -0.25) is 4.79 Å². The normalized spacial score (nSPS) is 16.0. The summed E-state index contributed by atoms with van der Waals surface area (Å²) in [7, 11) is -3.24. The molecule has 0 unspecified atom stereocenters. The molecule has 3 rings (SSSR count). The molecule has 0 saturated carbocycles. The van der Waals surface area contributed by atoms with Crippen molar-refractivity contribution in [2.45, 2.75) is 6.92 Å². The molecule has 1 fully saturated rings. The van der Waals surface area contributed by atoms with Gasteiger partial charge in [-0.2, -0.15) is 4.31 Å². The van der Waals surface area contributed by atoms with Crippen molar-refractivity contribution in [1.29, 1.82) is 0 Å². The molecule has 1 aliphatic rings. The van der Waals surface area contributed by atoms with E-state index in [1.807, 2.05) is 31.2 Å². The number of carbonyl (C=O) groups is 2. The summed E-state index contributed by atoms with van der Waals surface area (Å²) in [5.74, 6) is -0.822. The summed E-state index contributed by atoms with van der Waals surface area (Å²) in [6, 6.07) is 7.71. The number of carbonyl (C=O) groups excluding carboxylic acids is 2. The smallest absolute Gasteiger partial charge is 0.349 e. The molecule has 1 aromatic carbocycles. The second-order valence-electron chi connectivity index (χ2n) is 6.17. The van der Waals surface area contributed by atoms with Gasteiger partial charge in [-0.15, -0.1) is 11.3 Å². The van der Waals surface area contributed by atoms with Crippen molar-refractivity contribution in [2.24, 2.45) is 0 Å². The van der Waals surface area contributed by atoms with Crippen LogP contribution in [-0.2, 0) is 19.6 Å². The van der Waals surface area contributed by atoms with Gasteiger partial charge in [0.05, 0.1) is 6.26 Å². The predicted molar refractivity (Wildman–Crippen MR) is 99.8 cm³/mol. The van der Waals surface area contributed by atoms with Crippen molar-refractivity contribution in [3.63, 3.8) is 0 Å². The fourth-order valence-corrected chi connectivity index (χ4v) is 4.85. The lowest BCUT2D eigenvalue weighted by atomic mass is 10.1. The first-order valence-corrected chi connectivity index (χ1v) is 10.8. The number of hydrogen-bond acceptors (Lipinski definition) is 6. The highest BCUT2D eigenvalue weighted by Crippen LogP contribution is 2.30. The Labute approximate surface area is 156 Å². The number of esters is 1. The van der Waals surface area contributed by atoms with Crippen LogP contribution in [0.15, 0.2) is 24.3 Å². The molecule has 2 aromatic rings. The van der Waals surface area contributed by atoms with Crippen LogP contribution in [0.1, 0.15) is 15.2 Å². The first-order chi connectivity index (χ1) is 12.3. The van der Waals surface area contributed by atoms with Crippen molar-refractivity contribution < 1.29 is 22.7 Å². The summed E-state index contributed by atoms with van der Waals surface area (Å²) in [5.41, 5.74) is 0.852. The maximum absolute atomic E-state index is 12.3. The lowest BCUT2D eigenvalue weighted by molar-refractivity contribution is -0.135. The maximum Gasteiger partial charge on any atom is 0.349 e. The molecule has 9 heteroatoms. The zero-order chi connectivity index (χ0) is 18.9. The number of aryl methyl sites for hydroxylation is 1. The van der Waals surface area contributed by atoms with E-state index in [0.717, 1.165) is 21.9 Å². The third-order valence-electron chi connectivity index (χ3n) is 4.42. The molecule has 7 nitrogen and oxygen atoms in total. The van der Waals surface area contributed by atoms with Gasteiger partial charge < -0.3 is 9.64 Å². The largest absolute Gasteiger partial charge is 0.451 e. The standard InChI is InChI=1S/C17H20N2O5S2/c1-12-13-5-3-4-6-14(13)25-16(12)17(21)24-11-15(20)18-7-9-19(10-8-18)26(2,22)23/h3-6H,7-11H2,1-2H3. The Bertz CT molecular complexity index is 943. The minimum atomic E-state index is -3.24. The number of fused-ring (bicyclic) bond motifs is 1. The number of ether oxygens (including phenoxy) is 1. The number of amides is 1. The van der Waals surface area contributed by atoms with E-state index in [-0.39, 0.29) is 25.6 Å². The van der Waals surface area contributed by atoms with E-state index >= 15 is 0 Å². The van der Waals surface area contributed by atoms with E-state index in [1.165, 1.54) is 20.5 Å². The molecular weight excluding hydrogens is 376 g/mol. The Balaban J connectivity index is 1.58. The van der Waals surface area contributed by atoms with Crippen LogP contribution in [0.5, 0.6) is 0 Å². The minimum Gasteiger partial charge on any atom is -0.451 e. The van der Waals surface area contributed by atoms with Crippen LogP contribution in [0, 0.1) is 6.92 Å². The van der Waals surface area contributed by atoms with Crippen LogP contribution in [-0.4, -0.2) is 68.5 Å². The molecule has 1 aromatic heterocycles. The average Bonchev–Trinajstić information content (AvgIpc) is 2.96. The topological polar surface area (TPSA) is 84.0 Å². The molecule has 140 valence electrons. The van der Waals surface area contributed by atoms with E-state index in [1.54, 1.807) is 0 Å². The van der Waals surface area contributed by atoms with Gasteiger partial charge in [0, 0.05) is 30.9 Å². The summed E-state index contributed by atoms with van der Waals surface area (Å²) < 4.78 is 30.5. The molecular formula is C17H20N2O5S2. The maximum atomic E-state index is 12.3. The molecule has 0 spiro atoms. The zero-order valence-corrected chi connectivity index (χ0v) is 16.2. The Morgan fingerprint density at radius 3 is 2.42 bits per heavy atom. The van der Waals surface area contributed by atoms with Crippen LogP contribution in [0.4, 0.5) is 0 Å². The van der Waals surface area contributed by atoms with Gasteiger partial charge in [0.15, 0.2) is 6.61 Å². The summed E-state index contributed by atoms with van der Waals surface area (Å²) in [6.45, 7) is 2.63. The highest BCUT2D eigenvalue weighted by molar-refractivity contribution is 7.88. The monoisotopic (exact) mass is 396 g/mol. The van der Waals surface area contributed by atoms with Gasteiger partial charge in [0.2, 0.25) is 10.0 Å². The molecule has 1 aliphatic heterocycles. The van der Waals surface area contributed by atoms with Gasteiger partial charge in [-0.25, -0.2) is 13.2 Å². The van der Waals surface area contributed by atoms with Crippen LogP contribution in [0.3, 0.4) is 0 Å². The van der Waals surface area contributed by atoms with E-state index in [4.69, 9.17) is 4.74 Å². The Morgan fingerprint density at radius 2 is 1.81 bits per heavy atom. The molecule has 26 heavy (non-hydrogen) atoms. The van der Waals surface area contributed by atoms with Gasteiger partial charge in [-0.1, -0.05) is 18.2 Å². The third-order valence-corrected chi connectivity index (χ3v) is 6.97. The number of sulfonamides is 1. The van der Waals surface area contributed by atoms with Crippen LogP contribution < -0.4 is 0 Å². The van der Waals surface area contributed by atoms with Crippen LogP contribution in [0.25, 0.3) is 10.1 Å². The molecule has 0 N–H and O–H groups in total. The summed E-state index contributed by atoms with van der Waals surface area (Å²) in [6.07, 6.45) is 1.15. The van der Waals surface area contributed by atoms with E-state index in [0.29, 0.717) is 18.0 Å². The van der Waals surface area contributed by atoms with Crippen molar-refractivity contribution in [3.05, 3.63) is 34.7 Å². The Kier molecular flexibility index (Phi) is 5.31. The van der Waals surface area contributed by atoms with Gasteiger partial charge in [0.25, 0.3) is 5.91 Å². The zero-order valence-electron chi connectivity index (χ0n) is 14.6. The van der Waals surface area contributed by atoms with Crippen LogP contribution in [0.2, 0.25) is 0 Å². The number of piperazine rings is 1. The van der Waals surface area contributed by atoms with Gasteiger partial charge >= 0.3 is 5.97 Å². The summed E-state index contributed by atoms with van der Waals surface area (Å²) in [4.78, 5) is 26.6. The van der Waals surface area contributed by atoms with E-state index < -0.39 is 16.0 Å². The number of benzene rings is 1. The molecule has 0 atom stereocenters. The third kappa shape index (κ3) is 3.89. The van der Waals surface area contributed by atoms with Gasteiger partial charge in [-0.05, 0) is 23.9 Å². The molecule has 0 bridgehead atoms. The molecule has 0 radical (unpaired) electrons. The molecule has 0 aliphatic carbocycles. The van der Waals surface area contributed by atoms with Gasteiger partial charge in [0.1, 0.15) is 4.88 Å². The summed E-state index contributed by atoms with van der Waals surface area (Å²) in [5, 5.41) is 1.01. The number of hydrogen-bond donors (Lipinski definition) is 0. The lowest BCUT2D eigenvalue weighted by Gasteiger charge is -2.33. The Morgan fingerprint density at radius 1 is 1.15 bits per heavy atom. The lowest BCUT2D eigenvalue weighted by Crippen LogP contribution is -2.51. The van der Waals surface area contributed by atoms with Crippen LogP contribution >= 0.6 is 11.3 Å². The number of nitrogens with zero attached hydrogens (tertiary/aromatic N) is 2. The predicted octanol–water partition coefficient (Wildman–Crippen LogP) is 1.47. The van der Waals surface area contributed by atoms with Crippen molar-refractivity contribution in [3.8, 4) is 0 Å². The first kappa shape index (κ1) is 18.8. The molecule has 1 saturated heterocycles. The average molecular weight is 396 g/mol. The quantitative estimate of drug-likeness (QED) is 0.731. The second kappa shape index (κ2) is 7.34. The number of rotatable bonds is 4. The number of thiophene rings is 1. The first-order valence-electron chi connectivity index (χ1n) is 8.15. The van der Waals surface area contributed by atoms with E-state index in [2.05, 4.69) is 0 Å². The fourth-order valence-electron chi connectivity index (χ4n) is 2.92. The summed E-state index contributed by atoms with van der Waals surface area (Å²) >= 11 is 1.35. The van der Waals surface area contributed by atoms with E-state index in [9.17, 15) is 18.0 Å². The van der Waals surface area contributed by atoms with Crippen molar-refractivity contribution >= 4 is 43.3 Å². The SMILES string of the molecule is Cc1c(C(=O)OCC(=O)N2CCN(S(C)(=O)=O)CC2)sc2ccccc12. The highest BCUT2D eigenvalue weighted by atomic mass is 32.2. The van der Waals surface area contributed by atoms with Crippen molar-refractivity contribution in [2.75, 3.05) is 39.0 Å². The second-order valence-corrected chi connectivity index (χ2v) is 9.21. The minimum absolute atomic E-state index is 0.258. The van der Waals surface area contributed by atoms with Crippen molar-refractivity contribution in [1.82, 2.24) is 9.21 Å². The highest BCUT2D eigenvalue weighted by Gasteiger charge is 2.27. The molecule has 1 amide bonds. The fraction of sp³-hybridized carbons (Fsp3) is 0.412. The Hall–Kier alpha value is -1.97. The molecule has 2 heterocycles.